The van der Waals surface area contributed by atoms with Gasteiger partial charge in [0.25, 0.3) is 11.8 Å². The van der Waals surface area contributed by atoms with Gasteiger partial charge in [0.1, 0.15) is 11.5 Å². The van der Waals surface area contributed by atoms with Gasteiger partial charge in [-0.3, -0.25) is 9.59 Å². The first-order valence-corrected chi connectivity index (χ1v) is 9.55. The molecule has 1 aromatic carbocycles. The number of hydrogen-bond donors (Lipinski definition) is 1. The van der Waals surface area contributed by atoms with E-state index in [-0.39, 0.29) is 47.3 Å². The highest BCUT2D eigenvalue weighted by atomic mass is 16.5. The molecule has 1 saturated heterocycles. The van der Waals surface area contributed by atoms with Gasteiger partial charge in [0, 0.05) is 11.6 Å². The van der Waals surface area contributed by atoms with Crippen LogP contribution in [-0.2, 0) is 9.59 Å². The summed E-state index contributed by atoms with van der Waals surface area (Å²) in [5.41, 5.74) is 0.436. The molecule has 1 aliphatic heterocycles. The van der Waals surface area contributed by atoms with Gasteiger partial charge in [-0.15, -0.1) is 0 Å². The van der Waals surface area contributed by atoms with Crippen molar-refractivity contribution in [2.75, 3.05) is 0 Å². The summed E-state index contributed by atoms with van der Waals surface area (Å²) >= 11 is 0. The van der Waals surface area contributed by atoms with E-state index in [1.807, 2.05) is 13.8 Å². The average molecular weight is 366 g/mol. The fourth-order valence-corrected chi connectivity index (χ4v) is 5.15. The summed E-state index contributed by atoms with van der Waals surface area (Å²) in [5, 5.41) is 15.3. The van der Waals surface area contributed by atoms with Crippen molar-refractivity contribution in [3.63, 3.8) is 0 Å². The minimum absolute atomic E-state index is 0.00213. The first-order valence-electron chi connectivity index (χ1n) is 9.55. The topological polar surface area (TPSA) is 79.2 Å². The second-order valence-corrected chi connectivity index (χ2v) is 8.27. The monoisotopic (exact) mass is 366 g/mol. The molecule has 2 saturated carbocycles. The Morgan fingerprint density at radius 3 is 2.33 bits per heavy atom. The van der Waals surface area contributed by atoms with Gasteiger partial charge in [0.05, 0.1) is 24.2 Å². The molecular formula is C21H22N2O4. The zero-order valence-corrected chi connectivity index (χ0v) is 15.3. The molecule has 2 bridgehead atoms. The average Bonchev–Trinajstić information content (AvgIpc) is 3.40. The van der Waals surface area contributed by atoms with Crippen LogP contribution < -0.4 is 4.74 Å². The lowest BCUT2D eigenvalue weighted by atomic mass is 9.63. The largest absolute Gasteiger partial charge is 0.507 e. The zero-order chi connectivity index (χ0) is 18.9. The van der Waals surface area contributed by atoms with Crippen molar-refractivity contribution in [2.24, 2.45) is 40.6 Å². The molecule has 5 aliphatic rings. The SMILES string of the molecule is CC(C)Oc1ccc(/C=N\N2C(=O)[C@@H]3[C@H]4C=C[C@@H]([C@@H]5C[C@@H]45)[C@H]3C2=O)c(O)c1. The van der Waals surface area contributed by atoms with Crippen molar-refractivity contribution in [3.8, 4) is 11.5 Å². The van der Waals surface area contributed by atoms with E-state index in [0.717, 1.165) is 11.4 Å². The molecule has 6 atom stereocenters. The first-order chi connectivity index (χ1) is 13.0. The predicted molar refractivity (Wildman–Crippen MR) is 98.0 cm³/mol. The number of aromatic hydroxyl groups is 1. The van der Waals surface area contributed by atoms with Crippen LogP contribution in [0.15, 0.2) is 35.5 Å². The molecule has 6 heteroatoms. The second kappa shape index (κ2) is 5.68. The van der Waals surface area contributed by atoms with Crippen LogP contribution in [0.2, 0.25) is 0 Å². The molecular weight excluding hydrogens is 344 g/mol. The van der Waals surface area contributed by atoms with Crippen molar-refractivity contribution in [1.82, 2.24) is 5.01 Å². The molecule has 140 valence electrons. The first kappa shape index (κ1) is 16.5. The van der Waals surface area contributed by atoms with Crippen molar-refractivity contribution < 1.29 is 19.4 Å². The van der Waals surface area contributed by atoms with Crippen LogP contribution in [0.5, 0.6) is 11.5 Å². The molecule has 3 fully saturated rings. The number of carbonyl (C=O) groups excluding carboxylic acids is 2. The Morgan fingerprint density at radius 1 is 1.15 bits per heavy atom. The smallest absolute Gasteiger partial charge is 0.254 e. The van der Waals surface area contributed by atoms with Crippen molar-refractivity contribution in [2.45, 2.75) is 26.4 Å². The van der Waals surface area contributed by atoms with E-state index in [1.165, 1.54) is 12.3 Å². The van der Waals surface area contributed by atoms with Gasteiger partial charge in [-0.2, -0.15) is 10.1 Å². The molecule has 6 rings (SSSR count). The summed E-state index contributed by atoms with van der Waals surface area (Å²) in [6.45, 7) is 3.81. The quantitative estimate of drug-likeness (QED) is 0.505. The molecule has 1 N–H and O–H groups in total. The van der Waals surface area contributed by atoms with Gasteiger partial charge in [-0.05, 0) is 56.1 Å². The highest BCUT2D eigenvalue weighted by Crippen LogP contribution is 2.65. The summed E-state index contributed by atoms with van der Waals surface area (Å²) in [4.78, 5) is 25.7. The number of rotatable bonds is 4. The maximum absolute atomic E-state index is 12.9. The number of phenolic OH excluding ortho intramolecular Hbond substituents is 1. The molecule has 1 aromatic rings. The van der Waals surface area contributed by atoms with Gasteiger partial charge in [-0.1, -0.05) is 12.2 Å². The minimum atomic E-state index is -0.260. The van der Waals surface area contributed by atoms with E-state index in [4.69, 9.17) is 4.74 Å². The molecule has 27 heavy (non-hydrogen) atoms. The number of hydrogen-bond acceptors (Lipinski definition) is 5. The highest BCUT2D eigenvalue weighted by Gasteiger charge is 2.67. The van der Waals surface area contributed by atoms with Crippen molar-refractivity contribution in [1.29, 1.82) is 0 Å². The Morgan fingerprint density at radius 2 is 1.78 bits per heavy atom. The Hall–Kier alpha value is -2.63. The van der Waals surface area contributed by atoms with Crippen LogP contribution in [-0.4, -0.2) is 34.2 Å². The molecule has 6 nitrogen and oxygen atoms in total. The number of carbonyl (C=O) groups is 2. The van der Waals surface area contributed by atoms with Crippen molar-refractivity contribution in [3.05, 3.63) is 35.9 Å². The Balaban J connectivity index is 1.37. The molecule has 0 spiro atoms. The number of ether oxygens (including phenoxy) is 1. The number of imide groups is 1. The lowest BCUT2D eigenvalue weighted by Crippen LogP contribution is -2.40. The van der Waals surface area contributed by atoms with Crippen LogP contribution in [0.1, 0.15) is 25.8 Å². The van der Waals surface area contributed by atoms with Crippen LogP contribution in [0.4, 0.5) is 0 Å². The van der Waals surface area contributed by atoms with Crippen LogP contribution in [0.25, 0.3) is 0 Å². The van der Waals surface area contributed by atoms with Crippen LogP contribution in [0.3, 0.4) is 0 Å². The number of nitrogens with zero attached hydrogens (tertiary/aromatic N) is 2. The maximum atomic E-state index is 12.9. The van der Waals surface area contributed by atoms with E-state index in [2.05, 4.69) is 17.3 Å². The van der Waals surface area contributed by atoms with Crippen molar-refractivity contribution >= 4 is 18.0 Å². The normalized spacial score (nSPS) is 35.9. The number of hydrazone groups is 1. The number of amides is 2. The van der Waals surface area contributed by atoms with Crippen LogP contribution >= 0.6 is 0 Å². The standard InChI is InChI=1S/C21H22N2O4/c1-10(2)27-12-4-3-11(17(24)7-12)9-22-23-20(25)18-13-5-6-14(16-8-15(13)16)19(18)21(23)26/h3-7,9-10,13-16,18-19,24H,8H2,1-2H3/b22-9-/t13-,14-,15-,16-,18+,19+/m0/s1. The summed E-state index contributed by atoms with van der Waals surface area (Å²) in [5.74, 6) is 1.13. The van der Waals surface area contributed by atoms with E-state index in [9.17, 15) is 14.7 Å². The molecule has 0 aromatic heterocycles. The molecule has 1 heterocycles. The van der Waals surface area contributed by atoms with E-state index < -0.39 is 0 Å². The van der Waals surface area contributed by atoms with E-state index in [1.54, 1.807) is 12.1 Å². The van der Waals surface area contributed by atoms with Gasteiger partial charge < -0.3 is 9.84 Å². The molecule has 0 radical (unpaired) electrons. The Bertz CT molecular complexity index is 854. The highest BCUT2D eigenvalue weighted by molar-refractivity contribution is 6.06. The minimum Gasteiger partial charge on any atom is -0.507 e. The molecule has 0 unspecified atom stereocenters. The summed E-state index contributed by atoms with van der Waals surface area (Å²) in [6.07, 6.45) is 6.78. The molecule has 4 aliphatic carbocycles. The van der Waals surface area contributed by atoms with E-state index >= 15 is 0 Å². The van der Waals surface area contributed by atoms with Gasteiger partial charge in [0.2, 0.25) is 0 Å². The Kier molecular flexibility index (Phi) is 3.48. The Labute approximate surface area is 157 Å². The van der Waals surface area contributed by atoms with Gasteiger partial charge >= 0.3 is 0 Å². The summed E-state index contributed by atoms with van der Waals surface area (Å²) in [7, 11) is 0. The third-order valence-corrected chi connectivity index (χ3v) is 6.33. The number of benzene rings is 1. The summed E-state index contributed by atoms with van der Waals surface area (Å²) in [6, 6.07) is 4.90. The lowest BCUT2D eigenvalue weighted by molar-refractivity contribution is -0.140. The molecule has 2 amide bonds. The van der Waals surface area contributed by atoms with Gasteiger partial charge in [0.15, 0.2) is 0 Å². The van der Waals surface area contributed by atoms with E-state index in [0.29, 0.717) is 23.1 Å². The number of phenols is 1. The summed E-state index contributed by atoms with van der Waals surface area (Å²) < 4.78 is 5.54. The van der Waals surface area contributed by atoms with Gasteiger partial charge in [-0.25, -0.2) is 0 Å². The fraction of sp³-hybridized carbons (Fsp3) is 0.476. The third-order valence-electron chi connectivity index (χ3n) is 6.33. The predicted octanol–water partition coefficient (Wildman–Crippen LogP) is 2.57. The second-order valence-electron chi connectivity index (χ2n) is 8.27. The maximum Gasteiger partial charge on any atom is 0.254 e. The van der Waals surface area contributed by atoms with Crippen LogP contribution in [0, 0.1) is 35.5 Å². The third kappa shape index (κ3) is 2.42. The zero-order valence-electron chi connectivity index (χ0n) is 15.3. The fourth-order valence-electron chi connectivity index (χ4n) is 5.15. The lowest BCUT2D eigenvalue weighted by Gasteiger charge is -2.37. The number of allylic oxidation sites excluding steroid dienone is 2.